The Morgan fingerprint density at radius 3 is 2.53 bits per heavy atom. The molecule has 0 aliphatic carbocycles. The summed E-state index contributed by atoms with van der Waals surface area (Å²) in [5.41, 5.74) is 2.44. The molecule has 19 heavy (non-hydrogen) atoms. The topological polar surface area (TPSA) is 23.5 Å². The van der Waals surface area contributed by atoms with Crippen LogP contribution in [0.3, 0.4) is 0 Å². The SMILES string of the molecule is CCC1(CC)CCN(c2ccc([C@@H](C)O)cc2Cl)C1. The average molecular weight is 282 g/mol. The van der Waals surface area contributed by atoms with Crippen LogP contribution in [0, 0.1) is 5.41 Å². The number of halogens is 1. The zero-order valence-electron chi connectivity index (χ0n) is 12.1. The van der Waals surface area contributed by atoms with E-state index in [0.717, 1.165) is 29.4 Å². The second-order valence-electron chi connectivity index (χ2n) is 5.77. The van der Waals surface area contributed by atoms with Gasteiger partial charge in [-0.25, -0.2) is 0 Å². The van der Waals surface area contributed by atoms with E-state index in [9.17, 15) is 5.11 Å². The summed E-state index contributed by atoms with van der Waals surface area (Å²) < 4.78 is 0. The Bertz CT molecular complexity index is 440. The maximum Gasteiger partial charge on any atom is 0.0762 e. The van der Waals surface area contributed by atoms with Crippen LogP contribution in [0.4, 0.5) is 5.69 Å². The van der Waals surface area contributed by atoms with Crippen molar-refractivity contribution in [2.24, 2.45) is 5.41 Å². The molecule has 0 aromatic heterocycles. The van der Waals surface area contributed by atoms with Crippen molar-refractivity contribution in [3.05, 3.63) is 28.8 Å². The Morgan fingerprint density at radius 1 is 1.37 bits per heavy atom. The van der Waals surface area contributed by atoms with Crippen LogP contribution in [0.2, 0.25) is 5.02 Å². The van der Waals surface area contributed by atoms with Gasteiger partial charge in [-0.2, -0.15) is 0 Å². The highest BCUT2D eigenvalue weighted by Gasteiger charge is 2.35. The van der Waals surface area contributed by atoms with E-state index in [1.807, 2.05) is 18.2 Å². The number of rotatable bonds is 4. The minimum absolute atomic E-state index is 0.451. The molecule has 1 saturated heterocycles. The first-order valence-electron chi connectivity index (χ1n) is 7.24. The molecule has 2 rings (SSSR count). The van der Waals surface area contributed by atoms with Crippen molar-refractivity contribution in [1.82, 2.24) is 0 Å². The van der Waals surface area contributed by atoms with Gasteiger partial charge >= 0.3 is 0 Å². The van der Waals surface area contributed by atoms with Gasteiger partial charge in [0.1, 0.15) is 0 Å². The molecule has 3 heteroatoms. The Morgan fingerprint density at radius 2 is 2.05 bits per heavy atom. The monoisotopic (exact) mass is 281 g/mol. The minimum atomic E-state index is -0.462. The van der Waals surface area contributed by atoms with E-state index in [0.29, 0.717) is 5.41 Å². The lowest BCUT2D eigenvalue weighted by Gasteiger charge is -2.27. The number of aliphatic hydroxyl groups is 1. The summed E-state index contributed by atoms with van der Waals surface area (Å²) in [5.74, 6) is 0. The summed E-state index contributed by atoms with van der Waals surface area (Å²) in [5, 5.41) is 10.3. The van der Waals surface area contributed by atoms with Crippen LogP contribution in [-0.4, -0.2) is 18.2 Å². The molecule has 1 atom stereocenters. The molecule has 1 aliphatic rings. The molecule has 1 N–H and O–H groups in total. The van der Waals surface area contributed by atoms with E-state index in [2.05, 4.69) is 18.7 Å². The standard InChI is InChI=1S/C16H24ClNO/c1-4-16(5-2)8-9-18(11-16)15-7-6-13(12(3)19)10-14(15)17/h6-7,10,12,19H,4-5,8-9,11H2,1-3H3/t12-/m1/s1. The molecular formula is C16H24ClNO. The van der Waals surface area contributed by atoms with Crippen LogP contribution in [0.15, 0.2) is 18.2 Å². The van der Waals surface area contributed by atoms with Gasteiger partial charge in [0.05, 0.1) is 16.8 Å². The quantitative estimate of drug-likeness (QED) is 0.884. The summed E-state index contributed by atoms with van der Waals surface area (Å²) in [7, 11) is 0. The van der Waals surface area contributed by atoms with Gasteiger partial charge in [0.15, 0.2) is 0 Å². The van der Waals surface area contributed by atoms with Crippen molar-refractivity contribution >= 4 is 17.3 Å². The lowest BCUT2D eigenvalue weighted by atomic mass is 9.82. The van der Waals surface area contributed by atoms with Crippen molar-refractivity contribution in [3.8, 4) is 0 Å². The molecule has 106 valence electrons. The second-order valence-corrected chi connectivity index (χ2v) is 6.17. The first-order chi connectivity index (χ1) is 9.01. The minimum Gasteiger partial charge on any atom is -0.389 e. The molecule has 0 bridgehead atoms. The molecule has 0 amide bonds. The summed E-state index contributed by atoms with van der Waals surface area (Å²) in [6, 6.07) is 5.91. The van der Waals surface area contributed by atoms with E-state index in [1.165, 1.54) is 19.3 Å². The Balaban J connectivity index is 2.20. The number of anilines is 1. The third-order valence-corrected chi connectivity index (χ3v) is 5.04. The number of hydrogen-bond acceptors (Lipinski definition) is 2. The summed E-state index contributed by atoms with van der Waals surface area (Å²) in [6.45, 7) is 8.50. The highest BCUT2D eigenvalue weighted by atomic mass is 35.5. The molecule has 1 aromatic carbocycles. The summed E-state index contributed by atoms with van der Waals surface area (Å²) in [6.07, 6.45) is 3.23. The Labute approximate surface area is 121 Å². The van der Waals surface area contributed by atoms with Gasteiger partial charge in [-0.05, 0) is 49.3 Å². The Hall–Kier alpha value is -0.730. The van der Waals surface area contributed by atoms with E-state index in [-0.39, 0.29) is 0 Å². The highest BCUT2D eigenvalue weighted by molar-refractivity contribution is 6.33. The lowest BCUT2D eigenvalue weighted by Crippen LogP contribution is -2.26. The zero-order chi connectivity index (χ0) is 14.0. The van der Waals surface area contributed by atoms with Gasteiger partial charge in [0, 0.05) is 13.1 Å². The van der Waals surface area contributed by atoms with E-state index < -0.39 is 6.10 Å². The molecular weight excluding hydrogens is 258 g/mol. The van der Waals surface area contributed by atoms with Crippen LogP contribution in [0.25, 0.3) is 0 Å². The first-order valence-corrected chi connectivity index (χ1v) is 7.61. The summed E-state index contributed by atoms with van der Waals surface area (Å²) >= 11 is 6.38. The van der Waals surface area contributed by atoms with Crippen LogP contribution in [0.5, 0.6) is 0 Å². The van der Waals surface area contributed by atoms with Gasteiger partial charge in [-0.3, -0.25) is 0 Å². The smallest absolute Gasteiger partial charge is 0.0762 e. The maximum absolute atomic E-state index is 9.59. The highest BCUT2D eigenvalue weighted by Crippen LogP contribution is 2.41. The first kappa shape index (κ1) is 14.7. The fraction of sp³-hybridized carbons (Fsp3) is 0.625. The van der Waals surface area contributed by atoms with Crippen molar-refractivity contribution in [1.29, 1.82) is 0 Å². The fourth-order valence-corrected chi connectivity index (χ4v) is 3.32. The normalized spacial score (nSPS) is 19.7. The third kappa shape index (κ3) is 2.90. The number of hydrogen-bond donors (Lipinski definition) is 1. The number of nitrogens with zero attached hydrogens (tertiary/aromatic N) is 1. The van der Waals surface area contributed by atoms with Crippen molar-refractivity contribution in [2.45, 2.75) is 46.1 Å². The predicted molar refractivity (Wildman–Crippen MR) is 81.9 cm³/mol. The molecule has 0 radical (unpaired) electrons. The number of aliphatic hydroxyl groups excluding tert-OH is 1. The van der Waals surface area contributed by atoms with Crippen molar-refractivity contribution < 1.29 is 5.11 Å². The van der Waals surface area contributed by atoms with E-state index >= 15 is 0 Å². The van der Waals surface area contributed by atoms with Gasteiger partial charge in [0.25, 0.3) is 0 Å². The van der Waals surface area contributed by atoms with Gasteiger partial charge in [0.2, 0.25) is 0 Å². The van der Waals surface area contributed by atoms with E-state index in [4.69, 9.17) is 11.6 Å². The van der Waals surface area contributed by atoms with Crippen LogP contribution in [0.1, 0.15) is 51.7 Å². The number of benzene rings is 1. The molecule has 0 spiro atoms. The predicted octanol–water partition coefficient (Wildman–Crippen LogP) is 4.41. The molecule has 0 unspecified atom stereocenters. The zero-order valence-corrected chi connectivity index (χ0v) is 12.9. The molecule has 0 saturated carbocycles. The van der Waals surface area contributed by atoms with Crippen molar-refractivity contribution in [2.75, 3.05) is 18.0 Å². The van der Waals surface area contributed by atoms with Gasteiger partial charge in [-0.15, -0.1) is 0 Å². The second kappa shape index (κ2) is 5.72. The van der Waals surface area contributed by atoms with Crippen LogP contribution < -0.4 is 4.90 Å². The van der Waals surface area contributed by atoms with Gasteiger partial charge < -0.3 is 10.0 Å². The van der Waals surface area contributed by atoms with Crippen molar-refractivity contribution in [3.63, 3.8) is 0 Å². The molecule has 1 fully saturated rings. The largest absolute Gasteiger partial charge is 0.389 e. The van der Waals surface area contributed by atoms with Crippen LogP contribution >= 0.6 is 11.6 Å². The lowest BCUT2D eigenvalue weighted by molar-refractivity contribution is 0.199. The molecule has 1 aromatic rings. The fourth-order valence-electron chi connectivity index (χ4n) is 3.01. The third-order valence-electron chi connectivity index (χ3n) is 4.73. The molecule has 1 aliphatic heterocycles. The maximum atomic E-state index is 9.59. The van der Waals surface area contributed by atoms with Crippen LogP contribution in [-0.2, 0) is 0 Å². The average Bonchev–Trinajstić information content (AvgIpc) is 2.83. The Kier molecular flexibility index (Phi) is 4.42. The summed E-state index contributed by atoms with van der Waals surface area (Å²) in [4.78, 5) is 2.39. The van der Waals surface area contributed by atoms with E-state index in [1.54, 1.807) is 6.92 Å². The van der Waals surface area contributed by atoms with Gasteiger partial charge in [-0.1, -0.05) is 31.5 Å². The molecule has 2 nitrogen and oxygen atoms in total. The molecule has 1 heterocycles.